The maximum Gasteiger partial charge on any atom is 3.00 e. The summed E-state index contributed by atoms with van der Waals surface area (Å²) in [5.74, 6) is -3.52. The first-order valence-electron chi connectivity index (χ1n) is 4.56. The van der Waals surface area contributed by atoms with E-state index in [1.54, 1.807) is 0 Å². The molecule has 0 aliphatic carbocycles. The van der Waals surface area contributed by atoms with Gasteiger partial charge < -0.3 is 35.0 Å². The molecule has 0 aromatic heterocycles. The molecule has 11 heteroatoms. The third-order valence-electron chi connectivity index (χ3n) is 1.37. The van der Waals surface area contributed by atoms with Gasteiger partial charge in [-0.05, 0) is 6.92 Å². The molecule has 0 bridgehead atoms. The largest absolute Gasteiger partial charge is 3.00 e. The summed E-state index contributed by atoms with van der Waals surface area (Å²) in [6.07, 6.45) is 0. The van der Waals surface area contributed by atoms with Gasteiger partial charge in [0.15, 0.2) is 0 Å². The number of carboxylic acid groups (broad SMARTS) is 2. The maximum absolute atomic E-state index is 9.77. The number of aliphatic carboxylic acids is 2. The molecule has 3 N–H and O–H groups in total. The van der Waals surface area contributed by atoms with Gasteiger partial charge in [0.2, 0.25) is 0 Å². The molecule has 0 fully saturated rings. The average Bonchev–Trinajstić information content (AvgIpc) is 2.26. The average molecular weight is 313 g/mol. The van der Waals surface area contributed by atoms with Gasteiger partial charge in [0.1, 0.15) is 0 Å². The molecular weight excluding hydrogens is 298 g/mol. The molecule has 0 rings (SSSR count). The van der Waals surface area contributed by atoms with Gasteiger partial charge in [0, 0.05) is 11.9 Å². The van der Waals surface area contributed by atoms with E-state index in [9.17, 15) is 14.7 Å². The van der Waals surface area contributed by atoms with Gasteiger partial charge in [-0.3, -0.25) is 4.79 Å². The number of hydrogen-bond acceptors (Lipinski definition) is 8. The fraction of sp³-hybridized carbons (Fsp3) is 0.750. The molecule has 0 aromatic rings. The molecule has 0 amide bonds. The van der Waals surface area contributed by atoms with Crippen LogP contribution in [0.2, 0.25) is 0 Å². The predicted molar refractivity (Wildman–Crippen MR) is 58.5 cm³/mol. The molecule has 9 nitrogen and oxygen atoms in total. The zero-order valence-corrected chi connectivity index (χ0v) is 12.4. The van der Waals surface area contributed by atoms with Crippen LogP contribution in [0.15, 0.2) is 0 Å². The Morgan fingerprint density at radius 3 is 1.37 bits per heavy atom. The van der Waals surface area contributed by atoms with E-state index in [1.807, 2.05) is 0 Å². The second-order valence-corrected chi connectivity index (χ2v) is 3.50. The molecule has 0 radical (unpaired) electrons. The molecule has 0 aliphatic heterocycles. The summed E-state index contributed by atoms with van der Waals surface area (Å²) in [5.41, 5.74) is 0. The van der Waals surface area contributed by atoms with Crippen molar-refractivity contribution < 1.29 is 44.4 Å². The quantitative estimate of drug-likeness (QED) is 0.344. The normalized spacial score (nSPS) is 11.3. The predicted octanol–water partition coefficient (Wildman–Crippen LogP) is -3.95. The summed E-state index contributed by atoms with van der Waals surface area (Å²) in [6, 6.07) is 0. The van der Waals surface area contributed by atoms with E-state index >= 15 is 0 Å². The van der Waals surface area contributed by atoms with Crippen molar-refractivity contribution in [2.24, 2.45) is 11.8 Å². The molecule has 19 heavy (non-hydrogen) atoms. The minimum Gasteiger partial charge on any atom is -0.598 e. The summed E-state index contributed by atoms with van der Waals surface area (Å²) in [5, 5.41) is 33.9. The van der Waals surface area contributed by atoms with Crippen LogP contribution < -0.4 is 14.9 Å². The molecule has 0 heterocycles. The Bertz CT molecular complexity index is 237. The van der Waals surface area contributed by atoms with Gasteiger partial charge in [0.05, 0.1) is 19.1 Å². The fourth-order valence-electron chi connectivity index (χ4n) is 0.153. The Morgan fingerprint density at radius 1 is 1.11 bits per heavy atom. The van der Waals surface area contributed by atoms with Crippen LogP contribution in [-0.4, -0.2) is 57.8 Å². The maximum atomic E-state index is 9.77. The van der Waals surface area contributed by atoms with E-state index in [-0.39, 0.29) is 30.6 Å². The molecule has 0 saturated carbocycles. The minimum absolute atomic E-state index is 0. The van der Waals surface area contributed by atoms with Crippen LogP contribution in [0.3, 0.4) is 0 Å². The number of aliphatic hydroxyl groups is 2. The first kappa shape index (κ1) is 26.9. The number of rotatable bonds is 4. The second kappa shape index (κ2) is 17.4. The smallest absolute Gasteiger partial charge is 0.598 e. The van der Waals surface area contributed by atoms with E-state index in [0.29, 0.717) is 0 Å². The Balaban J connectivity index is -0.0000000900. The number of carboxylic acids is 2. The summed E-state index contributed by atoms with van der Waals surface area (Å²) in [6.45, 7) is 2.20. The van der Waals surface area contributed by atoms with Crippen molar-refractivity contribution in [2.75, 3.05) is 13.2 Å². The van der Waals surface area contributed by atoms with E-state index in [4.69, 9.17) is 29.7 Å². The fourth-order valence-corrected chi connectivity index (χ4v) is 0.153. The third kappa shape index (κ3) is 31.8. The first-order chi connectivity index (χ1) is 8.09. The van der Waals surface area contributed by atoms with Gasteiger partial charge in [0.25, 0.3) is 8.25 Å². The van der Waals surface area contributed by atoms with Gasteiger partial charge in [-0.25, -0.2) is 0 Å². The third-order valence-corrected chi connectivity index (χ3v) is 1.37. The molecule has 108 valence electrons. The number of carbonyl (C=O) groups is 2. The van der Waals surface area contributed by atoms with Crippen molar-refractivity contribution in [1.82, 2.24) is 0 Å². The number of carbonyl (C=O) groups excluding carboxylic acids is 1. The summed E-state index contributed by atoms with van der Waals surface area (Å²) in [4.78, 5) is 36.4. The number of aliphatic hydroxyl groups excluding tert-OH is 2. The van der Waals surface area contributed by atoms with Crippen molar-refractivity contribution in [3.05, 3.63) is 0 Å². The molecule has 0 saturated heterocycles. The van der Waals surface area contributed by atoms with E-state index in [1.165, 1.54) is 13.8 Å². The Labute approximate surface area is 121 Å². The van der Waals surface area contributed by atoms with Gasteiger partial charge in [-0.2, -0.15) is 0 Å². The van der Waals surface area contributed by atoms with Crippen molar-refractivity contribution in [3.63, 3.8) is 0 Å². The van der Waals surface area contributed by atoms with Crippen LogP contribution in [-0.2, 0) is 14.2 Å². The van der Waals surface area contributed by atoms with Gasteiger partial charge in [-0.15, -0.1) is 0 Å². The number of hydrogen-bond donors (Lipinski definition) is 3. The molecular formula is C8H15AlO9P+. The Kier molecular flexibility index (Phi) is 24.6. The molecule has 0 aliphatic rings. The second-order valence-electron chi connectivity index (χ2n) is 3.05. The molecule has 0 aromatic carbocycles. The topological polar surface area (TPSA) is 181 Å². The Morgan fingerprint density at radius 2 is 1.37 bits per heavy atom. The summed E-state index contributed by atoms with van der Waals surface area (Å²) < 4.78 is 8.48. The summed E-state index contributed by atoms with van der Waals surface area (Å²) >= 11 is 0. The van der Waals surface area contributed by atoms with Crippen LogP contribution in [0.1, 0.15) is 13.8 Å². The van der Waals surface area contributed by atoms with Crippen LogP contribution in [0, 0.1) is 11.8 Å². The van der Waals surface area contributed by atoms with E-state index in [0.717, 1.165) is 0 Å². The van der Waals surface area contributed by atoms with E-state index < -0.39 is 32.0 Å². The zero-order chi connectivity index (χ0) is 15.3. The van der Waals surface area contributed by atoms with Crippen LogP contribution in [0.25, 0.3) is 0 Å². The van der Waals surface area contributed by atoms with Gasteiger partial charge in [-0.1, -0.05) is 11.5 Å². The zero-order valence-electron chi connectivity index (χ0n) is 10.4. The molecule has 0 spiro atoms. The van der Waals surface area contributed by atoms with Crippen molar-refractivity contribution in [2.45, 2.75) is 13.8 Å². The summed E-state index contributed by atoms with van der Waals surface area (Å²) in [7, 11) is -3.37. The van der Waals surface area contributed by atoms with Crippen LogP contribution >= 0.6 is 8.25 Å². The monoisotopic (exact) mass is 313 g/mol. The standard InChI is InChI=1S/2C4H8O3.Al.HO3P/c2*1-3(2-5)4(6)7;;1-4(2)3/h2*3,5H,2H2,1H3,(H,6,7);;(H,1,2,3)/q;;+3;/p-2. The minimum atomic E-state index is -3.37. The van der Waals surface area contributed by atoms with Crippen LogP contribution in [0.5, 0.6) is 0 Å². The first-order valence-corrected chi connectivity index (χ1v) is 5.66. The Hall–Kier alpha value is -0.588. The van der Waals surface area contributed by atoms with Crippen LogP contribution in [0.4, 0.5) is 0 Å². The van der Waals surface area contributed by atoms with Gasteiger partial charge >= 0.3 is 23.3 Å². The van der Waals surface area contributed by atoms with Crippen molar-refractivity contribution in [1.29, 1.82) is 0 Å². The van der Waals surface area contributed by atoms with Crippen molar-refractivity contribution >= 4 is 37.6 Å². The molecule has 2 unspecified atom stereocenters. The van der Waals surface area contributed by atoms with E-state index in [2.05, 4.69) is 0 Å². The molecule has 2 atom stereocenters. The van der Waals surface area contributed by atoms with Crippen molar-refractivity contribution in [3.8, 4) is 0 Å². The SMILES string of the molecule is CC(CO)C(=O)O.CC(CO)C(=O)[O-].O=[P+]([O-])[O-].[Al+3].